The van der Waals surface area contributed by atoms with Gasteiger partial charge in [0.15, 0.2) is 0 Å². The first-order valence-corrected chi connectivity index (χ1v) is 9.65. The monoisotopic (exact) mass is 396 g/mol. The van der Waals surface area contributed by atoms with E-state index in [0.717, 1.165) is 31.6 Å². The summed E-state index contributed by atoms with van der Waals surface area (Å²) in [5, 5.41) is 10.6. The van der Waals surface area contributed by atoms with Crippen LogP contribution in [0.15, 0.2) is 48.7 Å². The number of anilines is 1. The van der Waals surface area contributed by atoms with Crippen LogP contribution < -0.4 is 10.6 Å². The lowest BCUT2D eigenvalue weighted by Gasteiger charge is -2.24. The quantitative estimate of drug-likeness (QED) is 0.696. The second-order valence-corrected chi connectivity index (χ2v) is 7.27. The van der Waals surface area contributed by atoms with Crippen LogP contribution in [0.5, 0.6) is 0 Å². The van der Waals surface area contributed by atoms with Crippen molar-refractivity contribution in [3.05, 3.63) is 77.1 Å². The number of amides is 1. The molecule has 0 atom stereocenters. The number of hydrogen-bond acceptors (Lipinski definition) is 3. The molecular weight excluding hydrogens is 374 g/mol. The minimum atomic E-state index is -0.347. The molecule has 0 bridgehead atoms. The molecule has 0 aliphatic carbocycles. The Morgan fingerprint density at radius 1 is 1.10 bits per heavy atom. The van der Waals surface area contributed by atoms with Gasteiger partial charge in [-0.25, -0.2) is 13.5 Å². The van der Waals surface area contributed by atoms with Gasteiger partial charge in [-0.15, -0.1) is 0 Å². The average molecular weight is 396 g/mol. The molecule has 0 radical (unpaired) electrons. The fourth-order valence-electron chi connectivity index (χ4n) is 3.77. The molecule has 2 N–H and O–H groups in total. The van der Waals surface area contributed by atoms with Gasteiger partial charge in [0.1, 0.15) is 11.6 Å². The summed E-state index contributed by atoms with van der Waals surface area (Å²) in [6, 6.07) is 10.3. The van der Waals surface area contributed by atoms with E-state index in [1.807, 2.05) is 0 Å². The Balaban J connectivity index is 1.72. The summed E-state index contributed by atoms with van der Waals surface area (Å²) in [5.74, 6) is -0.811. The number of carbonyl (C=O) groups is 1. The fraction of sp³-hybridized carbons (Fsp3) is 0.273. The smallest absolute Gasteiger partial charge is 0.259 e. The number of carbonyl (C=O) groups excluding carboxylic acids is 1. The second-order valence-electron chi connectivity index (χ2n) is 7.27. The van der Waals surface area contributed by atoms with Gasteiger partial charge in [-0.2, -0.15) is 5.10 Å². The van der Waals surface area contributed by atoms with Crippen molar-refractivity contribution in [3.8, 4) is 5.69 Å². The van der Waals surface area contributed by atoms with E-state index in [4.69, 9.17) is 0 Å². The molecule has 150 valence electrons. The number of nitrogens with one attached hydrogen (secondary N) is 2. The number of hydrogen-bond donors (Lipinski definition) is 2. The number of benzene rings is 2. The van der Waals surface area contributed by atoms with Crippen LogP contribution in [0.2, 0.25) is 0 Å². The van der Waals surface area contributed by atoms with Gasteiger partial charge in [-0.1, -0.05) is 0 Å². The van der Waals surface area contributed by atoms with Crippen molar-refractivity contribution in [1.29, 1.82) is 0 Å². The zero-order valence-corrected chi connectivity index (χ0v) is 16.1. The first-order chi connectivity index (χ1) is 14.0. The molecule has 5 nitrogen and oxygen atoms in total. The lowest BCUT2D eigenvalue weighted by atomic mass is 9.91. The zero-order chi connectivity index (χ0) is 20.4. The molecule has 29 heavy (non-hydrogen) atoms. The van der Waals surface area contributed by atoms with Crippen LogP contribution in [-0.4, -0.2) is 28.8 Å². The summed E-state index contributed by atoms with van der Waals surface area (Å²) < 4.78 is 28.5. The highest BCUT2D eigenvalue weighted by Crippen LogP contribution is 2.31. The fourth-order valence-corrected chi connectivity index (χ4v) is 3.77. The molecule has 4 rings (SSSR count). The van der Waals surface area contributed by atoms with Crippen LogP contribution in [0, 0.1) is 18.6 Å². The standard InChI is InChI=1S/C22H22F2N4O/c1-14-12-17(24)4-7-20(14)27-22(29)19-13-26-28(18-5-2-16(23)3-6-18)21(19)15-8-10-25-11-9-15/h2-7,12-13,15,25H,8-11H2,1H3,(H,27,29). The van der Waals surface area contributed by atoms with Crippen LogP contribution in [0.4, 0.5) is 14.5 Å². The summed E-state index contributed by atoms with van der Waals surface area (Å²) in [6.07, 6.45) is 3.31. The largest absolute Gasteiger partial charge is 0.322 e. The Labute approximate surface area is 167 Å². The van der Waals surface area contributed by atoms with E-state index >= 15 is 0 Å². The van der Waals surface area contributed by atoms with Gasteiger partial charge in [-0.3, -0.25) is 4.79 Å². The maximum Gasteiger partial charge on any atom is 0.259 e. The van der Waals surface area contributed by atoms with E-state index in [1.165, 1.54) is 24.3 Å². The molecule has 1 saturated heterocycles. The van der Waals surface area contributed by atoms with Crippen molar-refractivity contribution in [2.45, 2.75) is 25.7 Å². The predicted octanol–water partition coefficient (Wildman–Crippen LogP) is 4.18. The Kier molecular flexibility index (Phi) is 5.40. The van der Waals surface area contributed by atoms with Crippen molar-refractivity contribution < 1.29 is 13.6 Å². The molecule has 7 heteroatoms. The maximum atomic E-state index is 13.4. The third-order valence-corrected chi connectivity index (χ3v) is 5.28. The second kappa shape index (κ2) is 8.13. The first kappa shape index (κ1) is 19.3. The first-order valence-electron chi connectivity index (χ1n) is 9.65. The number of halogens is 2. The Morgan fingerprint density at radius 3 is 2.48 bits per heavy atom. The summed E-state index contributed by atoms with van der Waals surface area (Å²) in [7, 11) is 0. The van der Waals surface area contributed by atoms with Crippen LogP contribution in [-0.2, 0) is 0 Å². The van der Waals surface area contributed by atoms with Crippen molar-refractivity contribution in [3.63, 3.8) is 0 Å². The zero-order valence-electron chi connectivity index (χ0n) is 16.1. The van der Waals surface area contributed by atoms with E-state index in [1.54, 1.807) is 36.0 Å². The minimum absolute atomic E-state index is 0.152. The van der Waals surface area contributed by atoms with Crippen molar-refractivity contribution >= 4 is 11.6 Å². The van der Waals surface area contributed by atoms with Crippen LogP contribution in [0.3, 0.4) is 0 Å². The normalized spacial score (nSPS) is 14.7. The third kappa shape index (κ3) is 4.05. The Hall–Kier alpha value is -3.06. The molecule has 3 aromatic rings. The molecule has 1 aromatic heterocycles. The molecule has 1 aliphatic heterocycles. The average Bonchev–Trinajstić information content (AvgIpc) is 3.16. The van der Waals surface area contributed by atoms with E-state index < -0.39 is 0 Å². The van der Waals surface area contributed by atoms with E-state index in [-0.39, 0.29) is 23.5 Å². The van der Waals surface area contributed by atoms with Gasteiger partial charge in [-0.05, 0) is 80.9 Å². The number of aromatic nitrogens is 2. The van der Waals surface area contributed by atoms with Crippen molar-refractivity contribution in [1.82, 2.24) is 15.1 Å². The highest BCUT2D eigenvalue weighted by atomic mass is 19.1. The van der Waals surface area contributed by atoms with Gasteiger partial charge >= 0.3 is 0 Å². The van der Waals surface area contributed by atoms with E-state index in [2.05, 4.69) is 15.7 Å². The maximum absolute atomic E-state index is 13.4. The molecule has 2 aromatic carbocycles. The molecule has 0 saturated carbocycles. The molecule has 1 fully saturated rings. The predicted molar refractivity (Wildman–Crippen MR) is 107 cm³/mol. The number of rotatable bonds is 4. The summed E-state index contributed by atoms with van der Waals surface area (Å²) in [5.41, 5.74) is 3.20. The van der Waals surface area contributed by atoms with Gasteiger partial charge in [0.25, 0.3) is 5.91 Å². The number of piperidine rings is 1. The molecular formula is C22H22F2N4O. The molecule has 1 aliphatic rings. The molecule has 1 amide bonds. The third-order valence-electron chi connectivity index (χ3n) is 5.28. The number of nitrogens with zero attached hydrogens (tertiary/aromatic N) is 2. The lowest BCUT2D eigenvalue weighted by Crippen LogP contribution is -2.29. The Bertz CT molecular complexity index is 1020. The number of aryl methyl sites for hydroxylation is 1. The topological polar surface area (TPSA) is 59.0 Å². The molecule has 2 heterocycles. The highest BCUT2D eigenvalue weighted by molar-refractivity contribution is 6.05. The van der Waals surface area contributed by atoms with Gasteiger partial charge in [0.2, 0.25) is 0 Å². The van der Waals surface area contributed by atoms with Crippen LogP contribution in [0.1, 0.15) is 40.4 Å². The summed E-state index contributed by atoms with van der Waals surface area (Å²) in [4.78, 5) is 13.1. The van der Waals surface area contributed by atoms with Crippen LogP contribution in [0.25, 0.3) is 5.69 Å². The lowest BCUT2D eigenvalue weighted by molar-refractivity contribution is 0.102. The van der Waals surface area contributed by atoms with Crippen molar-refractivity contribution in [2.75, 3.05) is 18.4 Å². The summed E-state index contributed by atoms with van der Waals surface area (Å²) in [6.45, 7) is 3.46. The van der Waals surface area contributed by atoms with E-state index in [0.29, 0.717) is 22.5 Å². The van der Waals surface area contributed by atoms with Gasteiger partial charge in [0, 0.05) is 11.6 Å². The van der Waals surface area contributed by atoms with Crippen molar-refractivity contribution in [2.24, 2.45) is 0 Å². The Morgan fingerprint density at radius 2 is 1.79 bits per heavy atom. The SMILES string of the molecule is Cc1cc(F)ccc1NC(=O)c1cnn(-c2ccc(F)cc2)c1C1CCNCC1. The summed E-state index contributed by atoms with van der Waals surface area (Å²) >= 11 is 0. The molecule has 0 unspecified atom stereocenters. The van der Waals surface area contributed by atoms with Crippen LogP contribution >= 0.6 is 0 Å². The minimum Gasteiger partial charge on any atom is -0.322 e. The highest BCUT2D eigenvalue weighted by Gasteiger charge is 2.27. The van der Waals surface area contributed by atoms with Gasteiger partial charge < -0.3 is 10.6 Å². The molecule has 0 spiro atoms. The van der Waals surface area contributed by atoms with Gasteiger partial charge in [0.05, 0.1) is 23.1 Å². The van der Waals surface area contributed by atoms with E-state index in [9.17, 15) is 13.6 Å².